The number of carbonyl (C=O) groups is 1. The fourth-order valence-corrected chi connectivity index (χ4v) is 3.26. The molecule has 0 saturated heterocycles. The van der Waals surface area contributed by atoms with Crippen LogP contribution >= 0.6 is 0 Å². The Bertz CT molecular complexity index is 775. The third kappa shape index (κ3) is 4.38. The Morgan fingerprint density at radius 2 is 2.08 bits per heavy atom. The van der Waals surface area contributed by atoms with Crippen LogP contribution in [-0.2, 0) is 6.42 Å². The van der Waals surface area contributed by atoms with E-state index in [1.54, 1.807) is 6.07 Å². The third-order valence-corrected chi connectivity index (χ3v) is 4.50. The smallest absolute Gasteiger partial charge is 0.277 e. The first-order valence-electron chi connectivity index (χ1n) is 9.18. The Hall–Kier alpha value is -2.47. The summed E-state index contributed by atoms with van der Waals surface area (Å²) in [6, 6.07) is 9.88. The molecule has 1 N–H and O–H groups in total. The molecule has 0 unspecified atom stereocenters. The molecule has 0 atom stereocenters. The second kappa shape index (κ2) is 8.27. The highest BCUT2D eigenvalue weighted by Crippen LogP contribution is 2.28. The summed E-state index contributed by atoms with van der Waals surface area (Å²) in [5.74, 6) is 1.26. The molecule has 3 rings (SSSR count). The van der Waals surface area contributed by atoms with Gasteiger partial charge in [0, 0.05) is 24.8 Å². The van der Waals surface area contributed by atoms with Crippen LogP contribution in [0.1, 0.15) is 34.7 Å². The van der Waals surface area contributed by atoms with Gasteiger partial charge in [-0.25, -0.2) is 9.97 Å². The molecular formula is C20H27N5O. The van der Waals surface area contributed by atoms with E-state index in [0.29, 0.717) is 17.3 Å². The number of hydrogen-bond donors (Lipinski definition) is 1. The number of anilines is 2. The maximum absolute atomic E-state index is 13.1. The zero-order chi connectivity index (χ0) is 18.5. The van der Waals surface area contributed by atoms with Gasteiger partial charge in [0.1, 0.15) is 17.3 Å². The summed E-state index contributed by atoms with van der Waals surface area (Å²) in [6.07, 6.45) is 3.00. The zero-order valence-corrected chi connectivity index (χ0v) is 15.8. The van der Waals surface area contributed by atoms with Gasteiger partial charge in [-0.3, -0.25) is 4.79 Å². The fourth-order valence-electron chi connectivity index (χ4n) is 3.26. The van der Waals surface area contributed by atoms with Crippen molar-refractivity contribution in [2.75, 3.05) is 43.9 Å². The normalized spacial score (nSPS) is 13.6. The largest absolute Gasteiger partial charge is 0.370 e. The van der Waals surface area contributed by atoms with Gasteiger partial charge < -0.3 is 15.1 Å². The highest BCUT2D eigenvalue weighted by atomic mass is 16.2. The third-order valence-electron chi connectivity index (χ3n) is 4.50. The van der Waals surface area contributed by atoms with Crippen molar-refractivity contribution in [1.29, 1.82) is 0 Å². The molecule has 138 valence electrons. The summed E-state index contributed by atoms with van der Waals surface area (Å²) >= 11 is 0. The predicted molar refractivity (Wildman–Crippen MR) is 105 cm³/mol. The number of hydrogen-bond acceptors (Lipinski definition) is 5. The lowest BCUT2D eigenvalue weighted by molar-refractivity contribution is 0.0980. The molecule has 0 fully saturated rings. The van der Waals surface area contributed by atoms with E-state index < -0.39 is 0 Å². The van der Waals surface area contributed by atoms with E-state index in [2.05, 4.69) is 40.3 Å². The number of rotatable bonds is 6. The minimum atomic E-state index is -0.0565. The Morgan fingerprint density at radius 3 is 2.88 bits per heavy atom. The molecule has 0 aliphatic carbocycles. The molecule has 6 heteroatoms. The van der Waals surface area contributed by atoms with E-state index in [-0.39, 0.29) is 5.91 Å². The van der Waals surface area contributed by atoms with E-state index in [0.717, 1.165) is 44.6 Å². The van der Waals surface area contributed by atoms with Crippen molar-refractivity contribution in [1.82, 2.24) is 14.9 Å². The highest BCUT2D eigenvalue weighted by molar-refractivity contribution is 6.05. The van der Waals surface area contributed by atoms with Gasteiger partial charge in [0.15, 0.2) is 0 Å². The number of carbonyl (C=O) groups excluding carboxylic acids is 1. The molecule has 0 spiro atoms. The van der Waals surface area contributed by atoms with Crippen LogP contribution in [0.25, 0.3) is 0 Å². The molecule has 1 aromatic carbocycles. The van der Waals surface area contributed by atoms with Gasteiger partial charge in [0.2, 0.25) is 0 Å². The van der Waals surface area contributed by atoms with Crippen LogP contribution in [-0.4, -0.2) is 54.5 Å². The van der Waals surface area contributed by atoms with Crippen LogP contribution in [0, 0.1) is 6.92 Å². The molecule has 0 radical (unpaired) electrons. The van der Waals surface area contributed by atoms with Gasteiger partial charge >= 0.3 is 0 Å². The first kappa shape index (κ1) is 18.3. The molecule has 0 bridgehead atoms. The van der Waals surface area contributed by atoms with Gasteiger partial charge in [-0.1, -0.05) is 18.2 Å². The molecule has 6 nitrogen and oxygen atoms in total. The van der Waals surface area contributed by atoms with Crippen molar-refractivity contribution in [3.8, 4) is 0 Å². The Labute approximate surface area is 155 Å². The summed E-state index contributed by atoms with van der Waals surface area (Å²) in [5.41, 5.74) is 2.67. The van der Waals surface area contributed by atoms with Crippen LogP contribution in [0.4, 0.5) is 11.5 Å². The van der Waals surface area contributed by atoms with Crippen molar-refractivity contribution in [2.45, 2.75) is 26.2 Å². The number of para-hydroxylation sites is 1. The van der Waals surface area contributed by atoms with Gasteiger partial charge in [0.25, 0.3) is 5.91 Å². The van der Waals surface area contributed by atoms with Crippen molar-refractivity contribution in [2.24, 2.45) is 0 Å². The topological polar surface area (TPSA) is 61.4 Å². The summed E-state index contributed by atoms with van der Waals surface area (Å²) in [4.78, 5) is 25.9. The van der Waals surface area contributed by atoms with Crippen molar-refractivity contribution in [3.05, 3.63) is 47.4 Å². The molecule has 2 heterocycles. The molecule has 1 aliphatic heterocycles. The maximum atomic E-state index is 13.1. The van der Waals surface area contributed by atoms with Crippen LogP contribution in [0.2, 0.25) is 0 Å². The van der Waals surface area contributed by atoms with Crippen LogP contribution in [0.15, 0.2) is 30.3 Å². The Morgan fingerprint density at radius 1 is 1.27 bits per heavy atom. The summed E-state index contributed by atoms with van der Waals surface area (Å²) in [6.45, 7) is 4.37. The van der Waals surface area contributed by atoms with Crippen molar-refractivity contribution < 1.29 is 4.79 Å². The summed E-state index contributed by atoms with van der Waals surface area (Å²) in [7, 11) is 4.12. The van der Waals surface area contributed by atoms with E-state index in [1.165, 1.54) is 5.56 Å². The van der Waals surface area contributed by atoms with Crippen molar-refractivity contribution in [3.63, 3.8) is 0 Å². The number of nitrogens with one attached hydrogen (secondary N) is 1. The standard InChI is InChI=1S/C20H27N5O/c1-15-22-17(14-19(23-15)21-11-7-12-24(2)3)20(26)25-13-6-9-16-8-4-5-10-18(16)25/h4-5,8,10,14H,6-7,9,11-13H2,1-3H3,(H,21,22,23). The monoisotopic (exact) mass is 353 g/mol. The minimum Gasteiger partial charge on any atom is -0.370 e. The molecular weight excluding hydrogens is 326 g/mol. The van der Waals surface area contributed by atoms with Crippen LogP contribution in [0.5, 0.6) is 0 Å². The molecule has 0 saturated carbocycles. The molecule has 26 heavy (non-hydrogen) atoms. The minimum absolute atomic E-state index is 0.0565. The number of fused-ring (bicyclic) bond motifs is 1. The quantitative estimate of drug-likeness (QED) is 0.809. The molecule has 2 aromatic rings. The molecule has 1 amide bonds. The fraction of sp³-hybridized carbons (Fsp3) is 0.450. The lowest BCUT2D eigenvalue weighted by Crippen LogP contribution is -2.36. The molecule has 1 aliphatic rings. The average Bonchev–Trinajstić information content (AvgIpc) is 2.63. The first-order valence-corrected chi connectivity index (χ1v) is 9.18. The average molecular weight is 353 g/mol. The Balaban J connectivity index is 1.76. The lowest BCUT2D eigenvalue weighted by Gasteiger charge is -2.29. The number of benzene rings is 1. The summed E-state index contributed by atoms with van der Waals surface area (Å²) in [5, 5.41) is 3.31. The van der Waals surface area contributed by atoms with Gasteiger partial charge in [-0.05, 0) is 58.5 Å². The van der Waals surface area contributed by atoms with Crippen LogP contribution < -0.4 is 10.2 Å². The summed E-state index contributed by atoms with van der Waals surface area (Å²) < 4.78 is 0. The van der Waals surface area contributed by atoms with E-state index >= 15 is 0 Å². The van der Waals surface area contributed by atoms with Crippen LogP contribution in [0.3, 0.4) is 0 Å². The maximum Gasteiger partial charge on any atom is 0.277 e. The second-order valence-corrected chi connectivity index (χ2v) is 6.96. The molecule has 1 aromatic heterocycles. The number of aromatic nitrogens is 2. The Kier molecular flexibility index (Phi) is 5.83. The van der Waals surface area contributed by atoms with Crippen molar-refractivity contribution >= 4 is 17.4 Å². The predicted octanol–water partition coefficient (Wildman–Crippen LogP) is 2.74. The number of nitrogens with zero attached hydrogens (tertiary/aromatic N) is 4. The zero-order valence-electron chi connectivity index (χ0n) is 15.8. The SMILES string of the molecule is Cc1nc(NCCCN(C)C)cc(C(=O)N2CCCc3ccccc32)n1. The van der Waals surface area contributed by atoms with E-state index in [4.69, 9.17) is 0 Å². The van der Waals surface area contributed by atoms with Gasteiger partial charge in [0.05, 0.1) is 0 Å². The highest BCUT2D eigenvalue weighted by Gasteiger charge is 2.24. The number of amides is 1. The second-order valence-electron chi connectivity index (χ2n) is 6.96. The van der Waals surface area contributed by atoms with Gasteiger partial charge in [-0.15, -0.1) is 0 Å². The van der Waals surface area contributed by atoms with E-state index in [9.17, 15) is 4.79 Å². The van der Waals surface area contributed by atoms with E-state index in [1.807, 2.05) is 30.0 Å². The first-order chi connectivity index (χ1) is 12.5. The number of aryl methyl sites for hydroxylation is 2. The lowest BCUT2D eigenvalue weighted by atomic mass is 10.0. The van der Waals surface area contributed by atoms with Gasteiger partial charge in [-0.2, -0.15) is 0 Å².